The van der Waals surface area contributed by atoms with Crippen LogP contribution in [0, 0.1) is 6.92 Å². The van der Waals surface area contributed by atoms with E-state index in [1.807, 2.05) is 38.1 Å². The number of Topliss-reactive ketones (excluding diaryl/α,β-unsaturated/α-hetero) is 1. The summed E-state index contributed by atoms with van der Waals surface area (Å²) in [5.74, 6) is -1.27. The molecule has 33 heavy (non-hydrogen) atoms. The van der Waals surface area contributed by atoms with Crippen molar-refractivity contribution in [1.29, 1.82) is 0 Å². The zero-order valence-electron chi connectivity index (χ0n) is 18.3. The maximum absolute atomic E-state index is 13.2. The number of rotatable bonds is 6. The first-order chi connectivity index (χ1) is 15.9. The van der Waals surface area contributed by atoms with Gasteiger partial charge in [-0.3, -0.25) is 14.6 Å². The summed E-state index contributed by atoms with van der Waals surface area (Å²) in [5, 5.41) is 11.6. The third-order valence-corrected chi connectivity index (χ3v) is 5.96. The number of carbonyl (C=O) groups excluding carboxylic acids is 2. The van der Waals surface area contributed by atoms with Gasteiger partial charge in [-0.1, -0.05) is 35.9 Å². The maximum atomic E-state index is 13.2. The molecule has 0 bridgehead atoms. The predicted octanol–water partition coefficient (Wildman–Crippen LogP) is 5.06. The molecule has 1 saturated heterocycles. The largest absolute Gasteiger partial charge is 0.507 e. The van der Waals surface area contributed by atoms with Crippen molar-refractivity contribution in [1.82, 2.24) is 9.88 Å². The molecule has 0 aliphatic carbocycles. The van der Waals surface area contributed by atoms with Crippen LogP contribution in [0.25, 0.3) is 5.76 Å². The van der Waals surface area contributed by atoms with Gasteiger partial charge >= 0.3 is 0 Å². The number of aromatic nitrogens is 1. The van der Waals surface area contributed by atoms with E-state index in [9.17, 15) is 14.7 Å². The first kappa shape index (κ1) is 22.6. The van der Waals surface area contributed by atoms with E-state index in [0.29, 0.717) is 12.4 Å². The van der Waals surface area contributed by atoms with Crippen molar-refractivity contribution in [2.45, 2.75) is 26.4 Å². The molecule has 168 valence electrons. The molecule has 6 nitrogen and oxygen atoms in total. The first-order valence-electron chi connectivity index (χ1n) is 10.6. The zero-order chi connectivity index (χ0) is 23.5. The average Bonchev–Trinajstić information content (AvgIpc) is 3.06. The number of ketones is 1. The molecule has 2 heterocycles. The molecule has 0 saturated carbocycles. The summed E-state index contributed by atoms with van der Waals surface area (Å²) in [6, 6.07) is 15.2. The standard InChI is InChI=1S/C26H23ClN2O4/c1-3-33-18-8-9-21(27)20(14-18)24(30)22-23(19-7-5-4-6-16(19)2)29(26(32)25(22)31)15-17-10-12-28-13-11-17/h4-14,23,30H,3,15H2,1-2H3/b24-22+. The SMILES string of the molecule is CCOc1ccc(Cl)c(/C(O)=C2\C(=O)C(=O)N(Cc3ccncc3)C2c2ccccc2C)c1. The summed E-state index contributed by atoms with van der Waals surface area (Å²) < 4.78 is 5.53. The number of nitrogens with zero attached hydrogens (tertiary/aromatic N) is 2. The number of aliphatic hydroxyl groups excluding tert-OH is 1. The van der Waals surface area contributed by atoms with Crippen LogP contribution in [0.15, 0.2) is 72.6 Å². The van der Waals surface area contributed by atoms with Crippen LogP contribution in [0.5, 0.6) is 5.75 Å². The lowest BCUT2D eigenvalue weighted by Crippen LogP contribution is -2.29. The van der Waals surface area contributed by atoms with Crippen molar-refractivity contribution >= 4 is 29.1 Å². The van der Waals surface area contributed by atoms with Crippen LogP contribution in [0.2, 0.25) is 5.02 Å². The second-order valence-corrected chi connectivity index (χ2v) is 8.12. The number of amides is 1. The Bertz CT molecular complexity index is 1240. The van der Waals surface area contributed by atoms with Gasteiger partial charge in [0.15, 0.2) is 0 Å². The van der Waals surface area contributed by atoms with Crippen LogP contribution in [0.4, 0.5) is 0 Å². The molecule has 7 heteroatoms. The fourth-order valence-corrected chi connectivity index (χ4v) is 4.24. The number of carbonyl (C=O) groups is 2. The van der Waals surface area contributed by atoms with Crippen molar-refractivity contribution in [3.8, 4) is 5.75 Å². The Balaban J connectivity index is 1.90. The molecular formula is C26H23ClN2O4. The van der Waals surface area contributed by atoms with E-state index in [4.69, 9.17) is 16.3 Å². The predicted molar refractivity (Wildman–Crippen MR) is 126 cm³/mol. The van der Waals surface area contributed by atoms with Gasteiger partial charge in [-0.15, -0.1) is 0 Å². The summed E-state index contributed by atoms with van der Waals surface area (Å²) in [4.78, 5) is 31.9. The average molecular weight is 463 g/mol. The van der Waals surface area contributed by atoms with Gasteiger partial charge in [-0.25, -0.2) is 0 Å². The molecule has 4 rings (SSSR count). The fourth-order valence-electron chi connectivity index (χ4n) is 4.03. The fraction of sp³-hybridized carbons (Fsp3) is 0.192. The van der Waals surface area contributed by atoms with Gasteiger partial charge < -0.3 is 14.7 Å². The van der Waals surface area contributed by atoms with E-state index in [1.54, 1.807) is 42.7 Å². The topological polar surface area (TPSA) is 79.7 Å². The number of hydrogen-bond donors (Lipinski definition) is 1. The minimum absolute atomic E-state index is 0.00101. The highest BCUT2D eigenvalue weighted by Gasteiger charge is 2.46. The highest BCUT2D eigenvalue weighted by Crippen LogP contribution is 2.42. The molecule has 1 aromatic heterocycles. The summed E-state index contributed by atoms with van der Waals surface area (Å²) in [7, 11) is 0. The minimum atomic E-state index is -0.772. The number of aliphatic hydroxyl groups is 1. The quantitative estimate of drug-likeness (QED) is 0.314. The maximum Gasteiger partial charge on any atom is 0.295 e. The molecule has 1 N–H and O–H groups in total. The second kappa shape index (κ2) is 9.46. The van der Waals surface area contributed by atoms with Crippen LogP contribution in [0.3, 0.4) is 0 Å². The van der Waals surface area contributed by atoms with Crippen LogP contribution in [-0.2, 0) is 16.1 Å². The van der Waals surface area contributed by atoms with Crippen molar-refractivity contribution in [2.24, 2.45) is 0 Å². The van der Waals surface area contributed by atoms with Crippen molar-refractivity contribution in [2.75, 3.05) is 6.61 Å². The van der Waals surface area contributed by atoms with Crippen LogP contribution >= 0.6 is 11.6 Å². The van der Waals surface area contributed by atoms with Gasteiger partial charge in [0.1, 0.15) is 11.5 Å². The van der Waals surface area contributed by atoms with Gasteiger partial charge in [-0.2, -0.15) is 0 Å². The second-order valence-electron chi connectivity index (χ2n) is 7.71. The molecule has 1 amide bonds. The number of likely N-dealkylation sites (tertiary alicyclic amines) is 1. The summed E-state index contributed by atoms with van der Waals surface area (Å²) in [6.45, 7) is 4.37. The molecule has 1 unspecified atom stereocenters. The first-order valence-corrected chi connectivity index (χ1v) is 11.0. The third kappa shape index (κ3) is 4.34. The van der Waals surface area contributed by atoms with E-state index in [2.05, 4.69) is 4.98 Å². The smallest absolute Gasteiger partial charge is 0.295 e. The van der Waals surface area contributed by atoms with E-state index in [-0.39, 0.29) is 28.5 Å². The minimum Gasteiger partial charge on any atom is -0.507 e. The summed E-state index contributed by atoms with van der Waals surface area (Å²) in [6.07, 6.45) is 3.27. The summed E-state index contributed by atoms with van der Waals surface area (Å²) >= 11 is 6.38. The zero-order valence-corrected chi connectivity index (χ0v) is 19.0. The molecule has 1 aliphatic rings. The number of aryl methyl sites for hydroxylation is 1. The number of pyridine rings is 1. The Hall–Kier alpha value is -3.64. The Morgan fingerprint density at radius 1 is 1.12 bits per heavy atom. The van der Waals surface area contributed by atoms with Gasteiger partial charge in [0.25, 0.3) is 11.7 Å². The lowest BCUT2D eigenvalue weighted by molar-refractivity contribution is -0.140. The van der Waals surface area contributed by atoms with Gasteiger partial charge in [-0.05, 0) is 60.9 Å². The van der Waals surface area contributed by atoms with Crippen LogP contribution in [0.1, 0.15) is 35.2 Å². The van der Waals surface area contributed by atoms with E-state index < -0.39 is 17.7 Å². The number of ether oxygens (including phenoxy) is 1. The monoisotopic (exact) mass is 462 g/mol. The van der Waals surface area contributed by atoms with Gasteiger partial charge in [0.2, 0.25) is 0 Å². The van der Waals surface area contributed by atoms with Gasteiger partial charge in [0.05, 0.1) is 23.2 Å². The van der Waals surface area contributed by atoms with Crippen molar-refractivity contribution in [3.05, 3.63) is 99.8 Å². The molecule has 1 fully saturated rings. The molecular weight excluding hydrogens is 440 g/mol. The highest BCUT2D eigenvalue weighted by molar-refractivity contribution is 6.47. The summed E-state index contributed by atoms with van der Waals surface area (Å²) in [5.41, 5.74) is 2.71. The van der Waals surface area contributed by atoms with Crippen LogP contribution < -0.4 is 4.74 Å². The molecule has 2 aromatic carbocycles. The Labute approximate surface area is 197 Å². The number of hydrogen-bond acceptors (Lipinski definition) is 5. The van der Waals surface area contributed by atoms with Crippen molar-refractivity contribution < 1.29 is 19.4 Å². The third-order valence-electron chi connectivity index (χ3n) is 5.63. The number of benzene rings is 2. The molecule has 0 spiro atoms. The van der Waals surface area contributed by atoms with Gasteiger partial charge in [0, 0.05) is 24.5 Å². The lowest BCUT2D eigenvalue weighted by Gasteiger charge is -2.26. The van der Waals surface area contributed by atoms with E-state index in [1.165, 1.54) is 4.90 Å². The van der Waals surface area contributed by atoms with E-state index in [0.717, 1.165) is 16.7 Å². The van der Waals surface area contributed by atoms with Crippen LogP contribution in [-0.4, -0.2) is 33.3 Å². The molecule has 0 radical (unpaired) electrons. The molecule has 3 aromatic rings. The lowest BCUT2D eigenvalue weighted by atomic mass is 9.92. The number of halogens is 1. The Morgan fingerprint density at radius 3 is 2.55 bits per heavy atom. The van der Waals surface area contributed by atoms with Crippen molar-refractivity contribution in [3.63, 3.8) is 0 Å². The van der Waals surface area contributed by atoms with E-state index >= 15 is 0 Å². The molecule has 1 aliphatic heterocycles. The highest BCUT2D eigenvalue weighted by atomic mass is 35.5. The normalized spacial score (nSPS) is 17.4. The Kier molecular flexibility index (Phi) is 6.47. The Morgan fingerprint density at radius 2 is 1.85 bits per heavy atom. The molecule has 1 atom stereocenters.